The van der Waals surface area contributed by atoms with E-state index in [0.29, 0.717) is 12.0 Å². The number of benzene rings is 2. The summed E-state index contributed by atoms with van der Waals surface area (Å²) in [5, 5.41) is 9.26. The van der Waals surface area contributed by atoms with Crippen molar-refractivity contribution in [2.45, 2.75) is 26.2 Å². The standard InChI is InChI=1S/C19H18O3/c1-12-5-7-13(8-6-12)15-10-9-14-3-2-4-16(19(21)22)18(20)17(14)11-15/h5-11,16H,2-4H2,1H3,(H,21,22). The fourth-order valence-electron chi connectivity index (χ4n) is 3.00. The van der Waals surface area contributed by atoms with Gasteiger partial charge in [0, 0.05) is 5.56 Å². The first-order chi connectivity index (χ1) is 10.6. The van der Waals surface area contributed by atoms with Crippen LogP contribution in [0.2, 0.25) is 0 Å². The molecule has 1 aliphatic carbocycles. The van der Waals surface area contributed by atoms with Gasteiger partial charge in [0.05, 0.1) is 0 Å². The van der Waals surface area contributed by atoms with Crippen molar-refractivity contribution in [1.82, 2.24) is 0 Å². The largest absolute Gasteiger partial charge is 0.481 e. The first-order valence-corrected chi connectivity index (χ1v) is 7.53. The van der Waals surface area contributed by atoms with Crippen LogP contribution in [0.1, 0.15) is 34.3 Å². The molecule has 2 aromatic carbocycles. The maximum Gasteiger partial charge on any atom is 0.314 e. The van der Waals surface area contributed by atoms with Gasteiger partial charge in [-0.25, -0.2) is 0 Å². The number of carboxylic acids is 1. The lowest BCUT2D eigenvalue weighted by molar-refractivity contribution is -0.140. The van der Waals surface area contributed by atoms with E-state index in [2.05, 4.69) is 0 Å². The third-order valence-electron chi connectivity index (χ3n) is 4.31. The van der Waals surface area contributed by atoms with Crippen LogP contribution >= 0.6 is 0 Å². The minimum atomic E-state index is -1.02. The van der Waals surface area contributed by atoms with Gasteiger partial charge in [-0.1, -0.05) is 42.0 Å². The monoisotopic (exact) mass is 294 g/mol. The molecule has 1 atom stereocenters. The van der Waals surface area contributed by atoms with Gasteiger partial charge in [-0.05, 0) is 48.9 Å². The molecule has 2 aromatic rings. The van der Waals surface area contributed by atoms with E-state index in [1.165, 1.54) is 5.56 Å². The average Bonchev–Trinajstić information content (AvgIpc) is 2.67. The predicted octanol–water partition coefficient (Wildman–Crippen LogP) is 3.88. The Morgan fingerprint density at radius 1 is 1.09 bits per heavy atom. The van der Waals surface area contributed by atoms with Gasteiger partial charge in [-0.3, -0.25) is 9.59 Å². The van der Waals surface area contributed by atoms with Gasteiger partial charge in [-0.2, -0.15) is 0 Å². The minimum Gasteiger partial charge on any atom is -0.481 e. The lowest BCUT2D eigenvalue weighted by Gasteiger charge is -2.11. The van der Waals surface area contributed by atoms with Crippen LogP contribution in [0.15, 0.2) is 42.5 Å². The summed E-state index contributed by atoms with van der Waals surface area (Å²) in [7, 11) is 0. The van der Waals surface area contributed by atoms with Crippen molar-refractivity contribution in [1.29, 1.82) is 0 Å². The highest BCUT2D eigenvalue weighted by Gasteiger charge is 2.30. The van der Waals surface area contributed by atoms with E-state index in [4.69, 9.17) is 0 Å². The van der Waals surface area contributed by atoms with Crippen molar-refractivity contribution in [2.24, 2.45) is 5.92 Å². The molecule has 0 amide bonds. The topological polar surface area (TPSA) is 54.4 Å². The summed E-state index contributed by atoms with van der Waals surface area (Å²) in [6.45, 7) is 2.03. The van der Waals surface area contributed by atoms with Gasteiger partial charge in [-0.15, -0.1) is 0 Å². The quantitative estimate of drug-likeness (QED) is 0.675. The van der Waals surface area contributed by atoms with Crippen molar-refractivity contribution in [3.63, 3.8) is 0 Å². The second-order valence-electron chi connectivity index (χ2n) is 5.89. The molecule has 0 aromatic heterocycles. The number of fused-ring (bicyclic) bond motifs is 1. The van der Waals surface area contributed by atoms with E-state index in [1.54, 1.807) is 0 Å². The zero-order chi connectivity index (χ0) is 15.7. The molecule has 3 nitrogen and oxygen atoms in total. The average molecular weight is 294 g/mol. The molecular formula is C19H18O3. The van der Waals surface area contributed by atoms with Crippen LogP contribution in [0.5, 0.6) is 0 Å². The lowest BCUT2D eigenvalue weighted by Crippen LogP contribution is -2.23. The summed E-state index contributed by atoms with van der Waals surface area (Å²) >= 11 is 0. The van der Waals surface area contributed by atoms with E-state index in [0.717, 1.165) is 29.5 Å². The van der Waals surface area contributed by atoms with Crippen LogP contribution < -0.4 is 0 Å². The Morgan fingerprint density at radius 2 is 1.77 bits per heavy atom. The number of aliphatic carboxylic acids is 1. The van der Waals surface area contributed by atoms with Crippen LogP contribution in [0.25, 0.3) is 11.1 Å². The van der Waals surface area contributed by atoms with E-state index in [-0.39, 0.29) is 5.78 Å². The van der Waals surface area contributed by atoms with Crippen LogP contribution in [0.3, 0.4) is 0 Å². The predicted molar refractivity (Wildman–Crippen MR) is 85.0 cm³/mol. The molecule has 1 aliphatic rings. The molecule has 3 rings (SSSR count). The van der Waals surface area contributed by atoms with Gasteiger partial charge in [0.25, 0.3) is 0 Å². The summed E-state index contributed by atoms with van der Waals surface area (Å²) in [5.74, 6) is -2.18. The van der Waals surface area contributed by atoms with Crippen molar-refractivity contribution < 1.29 is 14.7 Å². The normalized spacial score (nSPS) is 17.7. The molecule has 0 aliphatic heterocycles. The molecule has 0 radical (unpaired) electrons. The van der Waals surface area contributed by atoms with E-state index in [9.17, 15) is 14.7 Å². The van der Waals surface area contributed by atoms with E-state index >= 15 is 0 Å². The van der Waals surface area contributed by atoms with Crippen molar-refractivity contribution in [2.75, 3.05) is 0 Å². The molecule has 1 N–H and O–H groups in total. The number of ketones is 1. The summed E-state index contributed by atoms with van der Waals surface area (Å²) in [6.07, 6.45) is 1.92. The number of Topliss-reactive ketones (excluding diaryl/α,β-unsaturated/α-hetero) is 1. The fraction of sp³-hybridized carbons (Fsp3) is 0.263. The van der Waals surface area contributed by atoms with Crippen molar-refractivity contribution in [3.8, 4) is 11.1 Å². The summed E-state index contributed by atoms with van der Waals surface area (Å²) in [6, 6.07) is 13.9. The third kappa shape index (κ3) is 2.67. The van der Waals surface area contributed by atoms with Gasteiger partial charge in [0.15, 0.2) is 5.78 Å². The Bertz CT molecular complexity index is 729. The highest BCUT2D eigenvalue weighted by molar-refractivity contribution is 6.09. The summed E-state index contributed by atoms with van der Waals surface area (Å²) in [4.78, 5) is 23.8. The SMILES string of the molecule is Cc1ccc(-c2ccc3c(c2)C(=O)C(C(=O)O)CCC3)cc1. The Labute approximate surface area is 129 Å². The summed E-state index contributed by atoms with van der Waals surface area (Å²) in [5.41, 5.74) is 4.71. The summed E-state index contributed by atoms with van der Waals surface area (Å²) < 4.78 is 0. The van der Waals surface area contributed by atoms with Gasteiger partial charge in [0.1, 0.15) is 5.92 Å². The third-order valence-corrected chi connectivity index (χ3v) is 4.31. The molecule has 0 saturated heterocycles. The number of carboxylic acid groups (broad SMARTS) is 1. The van der Waals surface area contributed by atoms with Crippen LogP contribution in [0, 0.1) is 12.8 Å². The Balaban J connectivity index is 2.05. The first-order valence-electron chi connectivity index (χ1n) is 7.53. The smallest absolute Gasteiger partial charge is 0.314 e. The Kier molecular flexibility index (Phi) is 3.80. The number of hydrogen-bond donors (Lipinski definition) is 1. The van der Waals surface area contributed by atoms with E-state index < -0.39 is 11.9 Å². The van der Waals surface area contributed by atoms with Crippen LogP contribution in [-0.2, 0) is 11.2 Å². The first kappa shape index (κ1) is 14.5. The molecule has 3 heteroatoms. The maximum absolute atomic E-state index is 12.5. The van der Waals surface area contributed by atoms with Crippen molar-refractivity contribution >= 4 is 11.8 Å². The van der Waals surface area contributed by atoms with E-state index in [1.807, 2.05) is 49.4 Å². The Morgan fingerprint density at radius 3 is 2.45 bits per heavy atom. The van der Waals surface area contributed by atoms with Crippen LogP contribution in [0.4, 0.5) is 0 Å². The number of rotatable bonds is 2. The highest BCUT2D eigenvalue weighted by atomic mass is 16.4. The zero-order valence-corrected chi connectivity index (χ0v) is 12.5. The maximum atomic E-state index is 12.5. The second kappa shape index (κ2) is 5.76. The molecule has 112 valence electrons. The van der Waals surface area contributed by atoms with Gasteiger partial charge >= 0.3 is 5.97 Å². The lowest BCUT2D eigenvalue weighted by atomic mass is 9.92. The number of hydrogen-bond acceptors (Lipinski definition) is 2. The number of carbonyl (C=O) groups is 2. The minimum absolute atomic E-state index is 0.256. The molecule has 0 spiro atoms. The zero-order valence-electron chi connectivity index (χ0n) is 12.5. The molecule has 0 saturated carbocycles. The Hall–Kier alpha value is -2.42. The number of carbonyl (C=O) groups excluding carboxylic acids is 1. The molecule has 0 bridgehead atoms. The molecule has 0 heterocycles. The fourth-order valence-corrected chi connectivity index (χ4v) is 3.00. The molecule has 1 unspecified atom stereocenters. The molecular weight excluding hydrogens is 276 g/mol. The van der Waals surface area contributed by atoms with Gasteiger partial charge in [0.2, 0.25) is 0 Å². The highest BCUT2D eigenvalue weighted by Crippen LogP contribution is 2.29. The van der Waals surface area contributed by atoms with Crippen LogP contribution in [-0.4, -0.2) is 16.9 Å². The van der Waals surface area contributed by atoms with Gasteiger partial charge < -0.3 is 5.11 Å². The van der Waals surface area contributed by atoms with Crippen molar-refractivity contribution in [3.05, 3.63) is 59.2 Å². The number of aryl methyl sites for hydroxylation is 2. The second-order valence-corrected chi connectivity index (χ2v) is 5.89. The molecule has 22 heavy (non-hydrogen) atoms. The molecule has 0 fully saturated rings.